The molecule has 0 amide bonds. The summed E-state index contributed by atoms with van der Waals surface area (Å²) in [5.74, 6) is -0.275. The van der Waals surface area contributed by atoms with Gasteiger partial charge in [-0.2, -0.15) is 0 Å². The summed E-state index contributed by atoms with van der Waals surface area (Å²) in [5.41, 5.74) is 7.75. The highest BCUT2D eigenvalue weighted by molar-refractivity contribution is 9.10. The molecular formula is C13H10BrClFN. The monoisotopic (exact) mass is 313 g/mol. The van der Waals surface area contributed by atoms with Crippen molar-refractivity contribution in [3.63, 3.8) is 0 Å². The third kappa shape index (κ3) is 2.86. The molecule has 0 heterocycles. The SMILES string of the molecule is NC(c1ccc(F)cc1)c1ccc(Br)cc1Cl. The Bertz CT molecular complexity index is 527. The van der Waals surface area contributed by atoms with E-state index >= 15 is 0 Å². The molecule has 0 aliphatic carbocycles. The molecule has 0 aliphatic rings. The fraction of sp³-hybridized carbons (Fsp3) is 0.0769. The fourth-order valence-corrected chi connectivity index (χ4v) is 2.39. The van der Waals surface area contributed by atoms with Crippen molar-refractivity contribution >= 4 is 27.5 Å². The lowest BCUT2D eigenvalue weighted by atomic mass is 10.00. The van der Waals surface area contributed by atoms with Gasteiger partial charge in [0.15, 0.2) is 0 Å². The summed E-state index contributed by atoms with van der Waals surface area (Å²) in [6, 6.07) is 11.3. The lowest BCUT2D eigenvalue weighted by molar-refractivity contribution is 0.626. The molecule has 0 radical (unpaired) electrons. The normalized spacial score (nSPS) is 12.5. The van der Waals surface area contributed by atoms with Crippen LogP contribution in [0.5, 0.6) is 0 Å². The Balaban J connectivity index is 2.36. The molecule has 17 heavy (non-hydrogen) atoms. The van der Waals surface area contributed by atoms with E-state index in [0.29, 0.717) is 5.02 Å². The Morgan fingerprint density at radius 1 is 1.12 bits per heavy atom. The second-order valence-electron chi connectivity index (χ2n) is 3.70. The van der Waals surface area contributed by atoms with Crippen molar-refractivity contribution in [2.45, 2.75) is 6.04 Å². The minimum absolute atomic E-state index is 0.275. The van der Waals surface area contributed by atoms with Crippen molar-refractivity contribution in [3.05, 3.63) is 68.9 Å². The van der Waals surface area contributed by atoms with E-state index in [2.05, 4.69) is 15.9 Å². The number of rotatable bonds is 2. The summed E-state index contributed by atoms with van der Waals surface area (Å²) in [5, 5.41) is 0.594. The van der Waals surface area contributed by atoms with Gasteiger partial charge in [-0.3, -0.25) is 0 Å². The van der Waals surface area contributed by atoms with Gasteiger partial charge in [0.2, 0.25) is 0 Å². The van der Waals surface area contributed by atoms with Crippen LogP contribution in [0.1, 0.15) is 17.2 Å². The molecule has 0 aromatic heterocycles. The summed E-state index contributed by atoms with van der Waals surface area (Å²) in [7, 11) is 0. The Labute approximate surface area is 113 Å². The molecule has 0 aliphatic heterocycles. The number of hydrogen-bond donors (Lipinski definition) is 1. The van der Waals surface area contributed by atoms with E-state index in [0.717, 1.165) is 15.6 Å². The average molecular weight is 315 g/mol. The first kappa shape index (κ1) is 12.6. The predicted molar refractivity (Wildman–Crippen MR) is 71.6 cm³/mol. The molecule has 2 rings (SSSR count). The molecule has 1 atom stereocenters. The number of hydrogen-bond acceptors (Lipinski definition) is 1. The molecule has 2 aromatic carbocycles. The number of nitrogens with two attached hydrogens (primary N) is 1. The van der Waals surface area contributed by atoms with Crippen LogP contribution < -0.4 is 5.73 Å². The molecule has 2 aromatic rings. The highest BCUT2D eigenvalue weighted by Crippen LogP contribution is 2.29. The first-order chi connectivity index (χ1) is 8.08. The number of benzene rings is 2. The van der Waals surface area contributed by atoms with Crippen LogP contribution in [0.3, 0.4) is 0 Å². The van der Waals surface area contributed by atoms with E-state index in [-0.39, 0.29) is 11.9 Å². The first-order valence-corrected chi connectivity index (χ1v) is 6.21. The van der Waals surface area contributed by atoms with Gasteiger partial charge in [-0.15, -0.1) is 0 Å². The van der Waals surface area contributed by atoms with Crippen molar-refractivity contribution in [1.29, 1.82) is 0 Å². The van der Waals surface area contributed by atoms with E-state index in [9.17, 15) is 4.39 Å². The minimum Gasteiger partial charge on any atom is -0.320 e. The molecule has 0 fully saturated rings. The Hall–Kier alpha value is -0.900. The van der Waals surface area contributed by atoms with Gasteiger partial charge in [0.25, 0.3) is 0 Å². The molecule has 1 nitrogen and oxygen atoms in total. The van der Waals surface area contributed by atoms with Crippen molar-refractivity contribution in [2.24, 2.45) is 5.73 Å². The van der Waals surface area contributed by atoms with E-state index in [1.54, 1.807) is 18.2 Å². The van der Waals surface area contributed by atoms with Gasteiger partial charge in [0, 0.05) is 9.50 Å². The largest absolute Gasteiger partial charge is 0.320 e. The maximum Gasteiger partial charge on any atom is 0.123 e. The predicted octanol–water partition coefficient (Wildman–Crippen LogP) is 4.29. The van der Waals surface area contributed by atoms with Gasteiger partial charge < -0.3 is 5.73 Å². The van der Waals surface area contributed by atoms with Crippen LogP contribution >= 0.6 is 27.5 Å². The number of halogens is 3. The smallest absolute Gasteiger partial charge is 0.123 e. The summed E-state index contributed by atoms with van der Waals surface area (Å²) < 4.78 is 13.7. The summed E-state index contributed by atoms with van der Waals surface area (Å²) >= 11 is 9.46. The van der Waals surface area contributed by atoms with Crippen LogP contribution in [0.15, 0.2) is 46.9 Å². The van der Waals surface area contributed by atoms with Crippen molar-refractivity contribution in [2.75, 3.05) is 0 Å². The summed E-state index contributed by atoms with van der Waals surface area (Å²) in [4.78, 5) is 0. The average Bonchev–Trinajstić information content (AvgIpc) is 2.29. The van der Waals surface area contributed by atoms with E-state index in [1.807, 2.05) is 12.1 Å². The topological polar surface area (TPSA) is 26.0 Å². The molecule has 0 spiro atoms. The summed E-state index contributed by atoms with van der Waals surface area (Å²) in [6.45, 7) is 0. The van der Waals surface area contributed by atoms with Crippen LogP contribution in [-0.4, -0.2) is 0 Å². The van der Waals surface area contributed by atoms with E-state index in [4.69, 9.17) is 17.3 Å². The van der Waals surface area contributed by atoms with E-state index < -0.39 is 0 Å². The molecule has 0 saturated heterocycles. The zero-order valence-electron chi connectivity index (χ0n) is 8.83. The van der Waals surface area contributed by atoms with Gasteiger partial charge in [-0.25, -0.2) is 4.39 Å². The van der Waals surface area contributed by atoms with Crippen molar-refractivity contribution < 1.29 is 4.39 Å². The maximum absolute atomic E-state index is 12.8. The van der Waals surface area contributed by atoms with Crippen molar-refractivity contribution in [1.82, 2.24) is 0 Å². The maximum atomic E-state index is 12.8. The van der Waals surface area contributed by atoms with Gasteiger partial charge in [0.1, 0.15) is 5.82 Å². The lowest BCUT2D eigenvalue weighted by Crippen LogP contribution is -2.12. The molecule has 1 unspecified atom stereocenters. The minimum atomic E-state index is -0.351. The standard InChI is InChI=1S/C13H10BrClFN/c14-9-3-6-11(12(15)7-9)13(17)8-1-4-10(16)5-2-8/h1-7,13H,17H2. The molecule has 4 heteroatoms. The third-order valence-electron chi connectivity index (χ3n) is 2.53. The second kappa shape index (κ2) is 5.17. The van der Waals surface area contributed by atoms with Gasteiger partial charge in [0.05, 0.1) is 6.04 Å². The second-order valence-corrected chi connectivity index (χ2v) is 5.02. The summed E-state index contributed by atoms with van der Waals surface area (Å²) in [6.07, 6.45) is 0. The van der Waals surface area contributed by atoms with Gasteiger partial charge >= 0.3 is 0 Å². The zero-order chi connectivity index (χ0) is 12.4. The van der Waals surface area contributed by atoms with Crippen LogP contribution in [0.25, 0.3) is 0 Å². The quantitative estimate of drug-likeness (QED) is 0.879. The molecule has 2 N–H and O–H groups in total. The van der Waals surface area contributed by atoms with Crippen LogP contribution in [-0.2, 0) is 0 Å². The fourth-order valence-electron chi connectivity index (χ4n) is 1.60. The Morgan fingerprint density at radius 2 is 1.76 bits per heavy atom. The van der Waals surface area contributed by atoms with E-state index in [1.165, 1.54) is 12.1 Å². The Kier molecular flexibility index (Phi) is 3.82. The highest BCUT2D eigenvalue weighted by atomic mass is 79.9. The molecule has 0 bridgehead atoms. The Morgan fingerprint density at radius 3 is 2.35 bits per heavy atom. The van der Waals surface area contributed by atoms with Crippen molar-refractivity contribution in [3.8, 4) is 0 Å². The molecule has 0 saturated carbocycles. The molecule has 88 valence electrons. The first-order valence-electron chi connectivity index (χ1n) is 5.04. The van der Waals surface area contributed by atoms with Crippen LogP contribution in [0.4, 0.5) is 4.39 Å². The third-order valence-corrected chi connectivity index (χ3v) is 3.35. The van der Waals surface area contributed by atoms with Gasteiger partial charge in [-0.05, 0) is 35.4 Å². The van der Waals surface area contributed by atoms with Gasteiger partial charge in [-0.1, -0.05) is 45.7 Å². The lowest BCUT2D eigenvalue weighted by Gasteiger charge is -2.14. The van der Waals surface area contributed by atoms with Crippen LogP contribution in [0, 0.1) is 5.82 Å². The van der Waals surface area contributed by atoms with Crippen LogP contribution in [0.2, 0.25) is 5.02 Å². The molecular weight excluding hydrogens is 305 g/mol. The zero-order valence-corrected chi connectivity index (χ0v) is 11.2. The highest BCUT2D eigenvalue weighted by Gasteiger charge is 2.12.